The van der Waals surface area contributed by atoms with E-state index < -0.39 is 10.0 Å². The van der Waals surface area contributed by atoms with Gasteiger partial charge in [-0.2, -0.15) is 0 Å². The summed E-state index contributed by atoms with van der Waals surface area (Å²) in [5, 5.41) is 2.83. The number of anilines is 2. The molecular weight excluding hydrogens is 326 g/mol. The van der Waals surface area contributed by atoms with Crippen LogP contribution < -0.4 is 15.8 Å². The first kappa shape index (κ1) is 18.7. The summed E-state index contributed by atoms with van der Waals surface area (Å²) in [5.41, 5.74) is 6.90. The summed E-state index contributed by atoms with van der Waals surface area (Å²) in [6.45, 7) is 0. The normalized spacial score (nSPS) is 21.5. The average molecular weight is 348 g/mol. The molecule has 22 heavy (non-hydrogen) atoms. The molecule has 2 unspecified atom stereocenters. The predicted octanol–water partition coefficient (Wildman–Crippen LogP) is 1.94. The van der Waals surface area contributed by atoms with E-state index in [0.29, 0.717) is 17.8 Å². The summed E-state index contributed by atoms with van der Waals surface area (Å²) in [6.07, 6.45) is 4.57. The van der Waals surface area contributed by atoms with Gasteiger partial charge in [0.05, 0.1) is 11.9 Å². The van der Waals surface area contributed by atoms with Crippen molar-refractivity contribution < 1.29 is 13.2 Å². The molecule has 1 amide bonds. The Morgan fingerprint density at radius 1 is 1.27 bits per heavy atom. The molecule has 1 fully saturated rings. The number of hydrogen-bond donors (Lipinski definition) is 3. The maximum absolute atomic E-state index is 12.2. The zero-order valence-corrected chi connectivity index (χ0v) is 14.0. The third-order valence-electron chi connectivity index (χ3n) is 3.52. The van der Waals surface area contributed by atoms with E-state index in [0.717, 1.165) is 25.5 Å². The number of carbonyl (C=O) groups excluding carboxylic acids is 1. The molecule has 8 heteroatoms. The molecule has 0 spiro atoms. The minimum Gasteiger partial charge on any atom is -0.328 e. The third-order valence-corrected chi connectivity index (χ3v) is 4.13. The van der Waals surface area contributed by atoms with Crippen LogP contribution in [0.5, 0.6) is 0 Å². The van der Waals surface area contributed by atoms with Gasteiger partial charge in [-0.15, -0.1) is 12.4 Å². The summed E-state index contributed by atoms with van der Waals surface area (Å²) >= 11 is 0. The fourth-order valence-corrected chi connectivity index (χ4v) is 3.14. The van der Waals surface area contributed by atoms with E-state index in [1.165, 1.54) is 0 Å². The van der Waals surface area contributed by atoms with Crippen molar-refractivity contribution >= 4 is 39.7 Å². The van der Waals surface area contributed by atoms with E-state index in [2.05, 4.69) is 10.0 Å². The van der Waals surface area contributed by atoms with Gasteiger partial charge in [0, 0.05) is 17.6 Å². The number of halogens is 1. The Balaban J connectivity index is 0.00000242. The van der Waals surface area contributed by atoms with Gasteiger partial charge >= 0.3 is 0 Å². The van der Waals surface area contributed by atoms with Crippen LogP contribution >= 0.6 is 12.4 Å². The Labute approximate surface area is 137 Å². The number of carbonyl (C=O) groups is 1. The number of nitrogens with one attached hydrogen (secondary N) is 2. The summed E-state index contributed by atoms with van der Waals surface area (Å²) in [4.78, 5) is 12.2. The van der Waals surface area contributed by atoms with Crippen molar-refractivity contribution in [1.82, 2.24) is 0 Å². The van der Waals surface area contributed by atoms with Crippen molar-refractivity contribution in [2.45, 2.75) is 31.7 Å². The van der Waals surface area contributed by atoms with Gasteiger partial charge in [0.1, 0.15) is 0 Å². The molecule has 2 rings (SSSR count). The van der Waals surface area contributed by atoms with Gasteiger partial charge in [-0.1, -0.05) is 12.5 Å². The Bertz CT molecular complexity index is 622. The Kier molecular flexibility index (Phi) is 6.65. The molecule has 2 atom stereocenters. The third kappa shape index (κ3) is 5.82. The lowest BCUT2D eigenvalue weighted by molar-refractivity contribution is -0.120. The van der Waals surface area contributed by atoms with Gasteiger partial charge in [0.2, 0.25) is 15.9 Å². The van der Waals surface area contributed by atoms with Crippen molar-refractivity contribution in [3.05, 3.63) is 24.3 Å². The molecule has 0 bridgehead atoms. The first-order valence-electron chi connectivity index (χ1n) is 6.98. The number of amides is 1. The smallest absolute Gasteiger partial charge is 0.229 e. The van der Waals surface area contributed by atoms with Crippen LogP contribution in [-0.2, 0) is 14.8 Å². The van der Waals surface area contributed by atoms with Crippen LogP contribution in [0.1, 0.15) is 25.7 Å². The number of hydrogen-bond acceptors (Lipinski definition) is 4. The van der Waals surface area contributed by atoms with E-state index in [1.54, 1.807) is 24.3 Å². The molecule has 0 radical (unpaired) electrons. The second-order valence-corrected chi connectivity index (χ2v) is 7.32. The van der Waals surface area contributed by atoms with E-state index in [-0.39, 0.29) is 30.3 Å². The maximum atomic E-state index is 12.2. The first-order chi connectivity index (χ1) is 9.83. The predicted molar refractivity (Wildman–Crippen MR) is 90.7 cm³/mol. The highest BCUT2D eigenvalue weighted by Crippen LogP contribution is 2.25. The largest absolute Gasteiger partial charge is 0.328 e. The number of benzene rings is 1. The summed E-state index contributed by atoms with van der Waals surface area (Å²) in [6, 6.07) is 6.74. The van der Waals surface area contributed by atoms with E-state index in [9.17, 15) is 13.2 Å². The lowest BCUT2D eigenvalue weighted by Gasteiger charge is -2.25. The van der Waals surface area contributed by atoms with Crippen LogP contribution in [0.4, 0.5) is 11.4 Å². The van der Waals surface area contributed by atoms with Gasteiger partial charge in [-0.3, -0.25) is 9.52 Å². The van der Waals surface area contributed by atoms with Crippen LogP contribution in [0.25, 0.3) is 0 Å². The van der Waals surface area contributed by atoms with Crippen molar-refractivity contribution in [1.29, 1.82) is 0 Å². The fourth-order valence-electron chi connectivity index (χ4n) is 2.58. The minimum absolute atomic E-state index is 0. The highest BCUT2D eigenvalue weighted by atomic mass is 35.5. The molecule has 124 valence electrons. The van der Waals surface area contributed by atoms with Crippen molar-refractivity contribution in [2.75, 3.05) is 16.3 Å². The van der Waals surface area contributed by atoms with Gasteiger partial charge in [-0.25, -0.2) is 8.42 Å². The zero-order chi connectivity index (χ0) is 15.5. The second kappa shape index (κ2) is 7.80. The summed E-state index contributed by atoms with van der Waals surface area (Å²) < 4.78 is 24.8. The van der Waals surface area contributed by atoms with Gasteiger partial charge in [0.25, 0.3) is 0 Å². The van der Waals surface area contributed by atoms with Crippen molar-refractivity contribution in [2.24, 2.45) is 11.7 Å². The van der Waals surface area contributed by atoms with Gasteiger partial charge in [0.15, 0.2) is 0 Å². The fraction of sp³-hybridized carbons (Fsp3) is 0.500. The van der Waals surface area contributed by atoms with Crippen molar-refractivity contribution in [3.8, 4) is 0 Å². The molecule has 1 saturated carbocycles. The average Bonchev–Trinajstić information content (AvgIpc) is 2.37. The van der Waals surface area contributed by atoms with Crippen LogP contribution in [0.2, 0.25) is 0 Å². The number of rotatable bonds is 4. The number of nitrogens with two attached hydrogens (primary N) is 1. The molecule has 6 nitrogen and oxygen atoms in total. The molecule has 0 aromatic heterocycles. The molecule has 0 heterocycles. The van der Waals surface area contributed by atoms with Crippen LogP contribution in [0.15, 0.2) is 24.3 Å². The molecular formula is C14H22ClN3O3S. The molecule has 0 aliphatic heterocycles. The lowest BCUT2D eigenvalue weighted by atomic mass is 9.85. The molecule has 1 aliphatic rings. The Morgan fingerprint density at radius 2 is 1.95 bits per heavy atom. The SMILES string of the molecule is CS(=O)(=O)Nc1cccc(NC(=O)C2CCCC(N)C2)c1.Cl. The number of sulfonamides is 1. The molecule has 1 aromatic rings. The molecule has 1 aromatic carbocycles. The van der Waals surface area contributed by atoms with Gasteiger partial charge in [-0.05, 0) is 37.5 Å². The standard InChI is InChI=1S/C14H21N3O3S.ClH/c1-21(19,20)17-13-7-3-6-12(9-13)16-14(18)10-4-2-5-11(15)8-10;/h3,6-7,9-11,17H,2,4-5,8,15H2,1H3,(H,16,18);1H. The topological polar surface area (TPSA) is 101 Å². The van der Waals surface area contributed by atoms with Crippen molar-refractivity contribution in [3.63, 3.8) is 0 Å². The Hall–Kier alpha value is -1.31. The zero-order valence-electron chi connectivity index (χ0n) is 12.4. The molecule has 4 N–H and O–H groups in total. The molecule has 0 saturated heterocycles. The Morgan fingerprint density at radius 3 is 2.59 bits per heavy atom. The highest BCUT2D eigenvalue weighted by molar-refractivity contribution is 7.92. The molecule has 1 aliphatic carbocycles. The minimum atomic E-state index is -3.33. The van der Waals surface area contributed by atoms with E-state index >= 15 is 0 Å². The van der Waals surface area contributed by atoms with E-state index in [1.807, 2.05) is 0 Å². The summed E-state index contributed by atoms with van der Waals surface area (Å²) in [7, 11) is -3.33. The van der Waals surface area contributed by atoms with Crippen LogP contribution in [0.3, 0.4) is 0 Å². The summed E-state index contributed by atoms with van der Waals surface area (Å²) in [5.74, 6) is -0.123. The maximum Gasteiger partial charge on any atom is 0.229 e. The lowest BCUT2D eigenvalue weighted by Crippen LogP contribution is -2.34. The van der Waals surface area contributed by atoms with Gasteiger partial charge < -0.3 is 11.1 Å². The van der Waals surface area contributed by atoms with E-state index in [4.69, 9.17) is 5.73 Å². The first-order valence-corrected chi connectivity index (χ1v) is 8.87. The quantitative estimate of drug-likeness (QED) is 0.774. The van der Waals surface area contributed by atoms with Crippen LogP contribution in [0, 0.1) is 5.92 Å². The van der Waals surface area contributed by atoms with Crippen LogP contribution in [-0.4, -0.2) is 26.6 Å². The monoisotopic (exact) mass is 347 g/mol. The second-order valence-electron chi connectivity index (χ2n) is 5.57. The highest BCUT2D eigenvalue weighted by Gasteiger charge is 2.25.